The van der Waals surface area contributed by atoms with Crippen molar-refractivity contribution in [1.29, 1.82) is 0 Å². The predicted octanol–water partition coefficient (Wildman–Crippen LogP) is 4.15. The summed E-state index contributed by atoms with van der Waals surface area (Å²) in [7, 11) is 2.91. The molecule has 0 atom stereocenters. The number of barbiturate groups is 1. The Morgan fingerprint density at radius 1 is 0.974 bits per heavy atom. The maximum Gasteiger partial charge on any atom is 0.335 e. The number of anilines is 2. The first-order valence-electron chi connectivity index (χ1n) is 11.2. The molecule has 0 aliphatic carbocycles. The summed E-state index contributed by atoms with van der Waals surface area (Å²) in [6, 6.07) is 17.5. The number of halogens is 1. The van der Waals surface area contributed by atoms with Crippen molar-refractivity contribution >= 4 is 57.1 Å². The number of amides is 5. The number of rotatable bonds is 8. The second-order valence-electron chi connectivity index (χ2n) is 7.86. The summed E-state index contributed by atoms with van der Waals surface area (Å²) in [4.78, 5) is 51.3. The first kappa shape index (κ1) is 26.4. The monoisotopic (exact) mass is 579 g/mol. The number of ether oxygens (including phenoxy) is 3. The van der Waals surface area contributed by atoms with Gasteiger partial charge in [-0.05, 0) is 64.0 Å². The van der Waals surface area contributed by atoms with Crippen LogP contribution >= 0.6 is 15.9 Å². The lowest BCUT2D eigenvalue weighted by Crippen LogP contribution is -2.54. The van der Waals surface area contributed by atoms with E-state index in [1.165, 1.54) is 26.4 Å². The minimum atomic E-state index is -0.836. The number of hydrogen-bond donors (Lipinski definition) is 2. The number of carbonyl (C=O) groups is 4. The Balaban J connectivity index is 1.55. The molecule has 11 heteroatoms. The molecular weight excluding hydrogens is 558 g/mol. The Hall–Kier alpha value is -4.64. The molecule has 10 nitrogen and oxygen atoms in total. The molecule has 0 saturated carbocycles. The largest absolute Gasteiger partial charge is 0.495 e. The van der Waals surface area contributed by atoms with E-state index in [4.69, 9.17) is 14.2 Å². The summed E-state index contributed by atoms with van der Waals surface area (Å²) >= 11 is 3.40. The van der Waals surface area contributed by atoms with Crippen molar-refractivity contribution < 1.29 is 33.4 Å². The normalized spacial score (nSPS) is 14.2. The Bertz CT molecular complexity index is 1440. The van der Waals surface area contributed by atoms with E-state index in [2.05, 4.69) is 26.6 Å². The number of nitrogens with zero attached hydrogens (tertiary/aromatic N) is 1. The summed E-state index contributed by atoms with van der Waals surface area (Å²) in [5.74, 6) is -1.03. The average Bonchev–Trinajstić information content (AvgIpc) is 2.91. The van der Waals surface area contributed by atoms with Gasteiger partial charge < -0.3 is 19.5 Å². The predicted molar refractivity (Wildman–Crippen MR) is 143 cm³/mol. The molecule has 3 aromatic carbocycles. The number of imide groups is 2. The van der Waals surface area contributed by atoms with Gasteiger partial charge in [-0.2, -0.15) is 0 Å². The van der Waals surface area contributed by atoms with Gasteiger partial charge in [-0.3, -0.25) is 19.7 Å². The third-order valence-electron chi connectivity index (χ3n) is 5.41. The van der Waals surface area contributed by atoms with Crippen molar-refractivity contribution in [1.82, 2.24) is 5.32 Å². The van der Waals surface area contributed by atoms with Crippen LogP contribution in [0.1, 0.15) is 5.56 Å². The molecule has 1 heterocycles. The molecule has 1 aliphatic heterocycles. The van der Waals surface area contributed by atoms with E-state index in [0.717, 1.165) is 4.90 Å². The molecule has 38 heavy (non-hydrogen) atoms. The van der Waals surface area contributed by atoms with Crippen molar-refractivity contribution in [2.24, 2.45) is 0 Å². The molecule has 3 aromatic rings. The van der Waals surface area contributed by atoms with Crippen LogP contribution in [-0.4, -0.2) is 44.6 Å². The third-order valence-corrected chi connectivity index (χ3v) is 6.00. The molecule has 0 radical (unpaired) electrons. The summed E-state index contributed by atoms with van der Waals surface area (Å²) in [6.07, 6.45) is 1.34. The van der Waals surface area contributed by atoms with Crippen LogP contribution in [-0.2, 0) is 14.4 Å². The molecule has 2 N–H and O–H groups in total. The van der Waals surface area contributed by atoms with Gasteiger partial charge >= 0.3 is 6.03 Å². The van der Waals surface area contributed by atoms with Crippen molar-refractivity contribution in [2.45, 2.75) is 0 Å². The summed E-state index contributed by atoms with van der Waals surface area (Å²) in [5, 5.41) is 4.90. The van der Waals surface area contributed by atoms with Crippen molar-refractivity contribution in [2.75, 3.05) is 31.0 Å². The van der Waals surface area contributed by atoms with Crippen LogP contribution in [0.3, 0.4) is 0 Å². The summed E-state index contributed by atoms with van der Waals surface area (Å²) < 4.78 is 16.8. The number of benzene rings is 3. The molecule has 1 fully saturated rings. The third kappa shape index (κ3) is 5.68. The number of nitrogens with one attached hydrogen (secondary N) is 2. The minimum absolute atomic E-state index is 0.241. The quantitative estimate of drug-likeness (QED) is 0.303. The van der Waals surface area contributed by atoms with E-state index in [9.17, 15) is 19.2 Å². The van der Waals surface area contributed by atoms with Crippen LogP contribution < -0.4 is 29.7 Å². The van der Waals surface area contributed by atoms with Gasteiger partial charge in [0.1, 0.15) is 11.3 Å². The van der Waals surface area contributed by atoms with Crippen molar-refractivity contribution in [3.63, 3.8) is 0 Å². The SMILES string of the molecule is COc1ccccc1NC(=O)COc1c(Br)cc(/C=C2/C(=O)NC(=O)N(c3ccccc3)C2=O)cc1OC. The van der Waals surface area contributed by atoms with E-state index in [1.54, 1.807) is 60.7 Å². The number of hydrogen-bond acceptors (Lipinski definition) is 7. The second kappa shape index (κ2) is 11.6. The fraction of sp³-hybridized carbons (Fsp3) is 0.111. The van der Waals surface area contributed by atoms with Gasteiger partial charge in [-0.15, -0.1) is 0 Å². The van der Waals surface area contributed by atoms with Gasteiger partial charge in [0.05, 0.1) is 30.1 Å². The first-order chi connectivity index (χ1) is 18.3. The maximum absolute atomic E-state index is 13.1. The van der Waals surface area contributed by atoms with Crippen LogP contribution in [0.15, 0.2) is 76.8 Å². The van der Waals surface area contributed by atoms with Crippen molar-refractivity contribution in [3.05, 3.63) is 82.3 Å². The first-order valence-corrected chi connectivity index (χ1v) is 12.0. The molecule has 5 amide bonds. The second-order valence-corrected chi connectivity index (χ2v) is 8.72. The molecule has 0 spiro atoms. The van der Waals surface area contributed by atoms with Gasteiger partial charge in [0.2, 0.25) is 0 Å². The van der Waals surface area contributed by atoms with Gasteiger partial charge in [-0.1, -0.05) is 30.3 Å². The van der Waals surface area contributed by atoms with E-state index >= 15 is 0 Å². The molecule has 1 aliphatic rings. The number of methoxy groups -OCH3 is 2. The lowest BCUT2D eigenvalue weighted by molar-refractivity contribution is -0.122. The number of carbonyl (C=O) groups excluding carboxylic acids is 4. The van der Waals surface area contributed by atoms with Crippen LogP contribution in [0.2, 0.25) is 0 Å². The van der Waals surface area contributed by atoms with Gasteiger partial charge in [-0.25, -0.2) is 9.69 Å². The fourth-order valence-corrected chi connectivity index (χ4v) is 4.24. The zero-order valence-electron chi connectivity index (χ0n) is 20.3. The van der Waals surface area contributed by atoms with Crippen LogP contribution in [0.5, 0.6) is 17.2 Å². The number of urea groups is 1. The summed E-state index contributed by atoms with van der Waals surface area (Å²) in [6.45, 7) is -0.331. The Labute approximate surface area is 226 Å². The zero-order chi connectivity index (χ0) is 27.2. The highest BCUT2D eigenvalue weighted by Gasteiger charge is 2.36. The molecule has 0 bridgehead atoms. The maximum atomic E-state index is 13.1. The van der Waals surface area contributed by atoms with Crippen LogP contribution in [0, 0.1) is 0 Å². The van der Waals surface area contributed by atoms with E-state index < -0.39 is 23.8 Å². The number of para-hydroxylation sites is 3. The highest BCUT2D eigenvalue weighted by atomic mass is 79.9. The molecule has 0 aromatic heterocycles. The molecular formula is C27H22BrN3O7. The van der Waals surface area contributed by atoms with Crippen molar-refractivity contribution in [3.8, 4) is 17.2 Å². The van der Waals surface area contributed by atoms with E-state index in [0.29, 0.717) is 27.2 Å². The lowest BCUT2D eigenvalue weighted by Gasteiger charge is -2.26. The molecule has 194 valence electrons. The topological polar surface area (TPSA) is 123 Å². The van der Waals surface area contributed by atoms with Gasteiger partial charge in [0, 0.05) is 0 Å². The van der Waals surface area contributed by atoms with E-state index in [-0.39, 0.29) is 23.7 Å². The Morgan fingerprint density at radius 3 is 2.37 bits per heavy atom. The smallest absolute Gasteiger partial charge is 0.335 e. The Kier molecular flexibility index (Phi) is 8.07. The molecule has 0 unspecified atom stereocenters. The standard InChI is InChI=1S/C27H22BrN3O7/c1-36-21-11-7-6-10-20(21)29-23(32)15-38-24-19(28)13-16(14-22(24)37-2)12-18-25(33)30-27(35)31(26(18)34)17-8-4-3-5-9-17/h3-14H,15H2,1-2H3,(H,29,32)(H,30,33,35)/b18-12-. The average molecular weight is 580 g/mol. The summed E-state index contributed by atoms with van der Waals surface area (Å²) in [5.41, 5.74) is 0.991. The minimum Gasteiger partial charge on any atom is -0.495 e. The fourth-order valence-electron chi connectivity index (χ4n) is 3.67. The van der Waals surface area contributed by atoms with Gasteiger partial charge in [0.15, 0.2) is 18.1 Å². The van der Waals surface area contributed by atoms with Crippen LogP contribution in [0.4, 0.5) is 16.2 Å². The zero-order valence-corrected chi connectivity index (χ0v) is 21.9. The highest BCUT2D eigenvalue weighted by Crippen LogP contribution is 2.37. The van der Waals surface area contributed by atoms with E-state index in [1.807, 2.05) is 0 Å². The molecule has 1 saturated heterocycles. The van der Waals surface area contributed by atoms with Crippen LogP contribution in [0.25, 0.3) is 6.08 Å². The molecule has 4 rings (SSSR count). The lowest BCUT2D eigenvalue weighted by atomic mass is 10.1. The highest BCUT2D eigenvalue weighted by molar-refractivity contribution is 9.10. The Morgan fingerprint density at radius 2 is 1.66 bits per heavy atom. The van der Waals surface area contributed by atoms with Gasteiger partial charge in [0.25, 0.3) is 17.7 Å².